The number of rotatable bonds is 4. The van der Waals surface area contributed by atoms with Gasteiger partial charge in [-0.2, -0.15) is 0 Å². The number of hydrogen-bond donors (Lipinski definition) is 1. The minimum Gasteiger partial charge on any atom is -0.347 e. The standard InChI is InChI=1S/C20H21NO3/c1-15-18(21-20(22)17-10-6-3-7-11-17)14-23-19(24-15)13-12-16-8-4-2-5-9-16/h2-13,15,18-19H,14H2,1H3,(H,21,22)/b13-12+/t15-,18+,19+/m0/s1. The van der Waals surface area contributed by atoms with Gasteiger partial charge in [0.05, 0.1) is 18.8 Å². The van der Waals surface area contributed by atoms with Crippen molar-refractivity contribution in [3.63, 3.8) is 0 Å². The zero-order valence-electron chi connectivity index (χ0n) is 13.6. The summed E-state index contributed by atoms with van der Waals surface area (Å²) >= 11 is 0. The monoisotopic (exact) mass is 323 g/mol. The third-order valence-corrected chi connectivity index (χ3v) is 3.95. The SMILES string of the molecule is C[C@@H]1O[C@H](/C=C/c2ccccc2)OC[C@H]1NC(=O)c1ccccc1. The highest BCUT2D eigenvalue weighted by molar-refractivity contribution is 5.94. The van der Waals surface area contributed by atoms with E-state index in [1.165, 1.54) is 0 Å². The number of carbonyl (C=O) groups is 1. The molecule has 0 bridgehead atoms. The van der Waals surface area contributed by atoms with Crippen LogP contribution in [0.5, 0.6) is 0 Å². The van der Waals surface area contributed by atoms with Gasteiger partial charge in [0.1, 0.15) is 0 Å². The topological polar surface area (TPSA) is 47.6 Å². The Labute approximate surface area is 142 Å². The number of amides is 1. The lowest BCUT2D eigenvalue weighted by Gasteiger charge is -2.34. The fourth-order valence-electron chi connectivity index (χ4n) is 2.53. The molecule has 2 aromatic rings. The Bertz CT molecular complexity index is 685. The van der Waals surface area contributed by atoms with Crippen LogP contribution in [0.25, 0.3) is 6.08 Å². The minimum atomic E-state index is -0.398. The molecule has 2 aromatic carbocycles. The van der Waals surface area contributed by atoms with Crippen LogP contribution < -0.4 is 5.32 Å². The maximum atomic E-state index is 12.2. The third-order valence-electron chi connectivity index (χ3n) is 3.95. The molecule has 1 amide bonds. The quantitative estimate of drug-likeness (QED) is 0.939. The van der Waals surface area contributed by atoms with Crippen LogP contribution in [-0.4, -0.2) is 30.9 Å². The van der Waals surface area contributed by atoms with E-state index in [4.69, 9.17) is 9.47 Å². The van der Waals surface area contributed by atoms with E-state index in [2.05, 4.69) is 5.32 Å². The maximum absolute atomic E-state index is 12.2. The van der Waals surface area contributed by atoms with Crippen molar-refractivity contribution in [1.82, 2.24) is 5.32 Å². The molecule has 0 radical (unpaired) electrons. The van der Waals surface area contributed by atoms with E-state index in [0.29, 0.717) is 12.2 Å². The molecule has 4 nitrogen and oxygen atoms in total. The van der Waals surface area contributed by atoms with Gasteiger partial charge in [-0.1, -0.05) is 54.6 Å². The molecule has 0 unspecified atom stereocenters. The number of benzene rings is 2. The van der Waals surface area contributed by atoms with Crippen molar-refractivity contribution in [2.75, 3.05) is 6.61 Å². The van der Waals surface area contributed by atoms with E-state index in [1.807, 2.05) is 67.6 Å². The zero-order chi connectivity index (χ0) is 16.8. The van der Waals surface area contributed by atoms with E-state index < -0.39 is 6.29 Å². The normalized spacial score (nSPS) is 24.0. The lowest BCUT2D eigenvalue weighted by Crippen LogP contribution is -2.51. The van der Waals surface area contributed by atoms with Gasteiger partial charge in [0, 0.05) is 5.56 Å². The molecule has 3 rings (SSSR count). The first kappa shape index (κ1) is 16.4. The Morgan fingerprint density at radius 2 is 1.75 bits per heavy atom. The van der Waals surface area contributed by atoms with Crippen LogP contribution in [0, 0.1) is 0 Å². The Hall–Kier alpha value is -2.43. The van der Waals surface area contributed by atoms with Gasteiger partial charge in [-0.05, 0) is 30.7 Å². The van der Waals surface area contributed by atoms with Crippen molar-refractivity contribution in [2.24, 2.45) is 0 Å². The van der Waals surface area contributed by atoms with Gasteiger partial charge in [0.2, 0.25) is 0 Å². The Morgan fingerprint density at radius 3 is 2.42 bits per heavy atom. The van der Waals surface area contributed by atoms with Gasteiger partial charge in [0.25, 0.3) is 5.91 Å². The molecule has 1 N–H and O–H groups in total. The van der Waals surface area contributed by atoms with Gasteiger partial charge >= 0.3 is 0 Å². The largest absolute Gasteiger partial charge is 0.347 e. The second kappa shape index (κ2) is 7.90. The predicted molar refractivity (Wildman–Crippen MR) is 93.5 cm³/mol. The van der Waals surface area contributed by atoms with Gasteiger partial charge < -0.3 is 14.8 Å². The molecule has 1 saturated heterocycles. The van der Waals surface area contributed by atoms with Crippen LogP contribution in [0.15, 0.2) is 66.7 Å². The molecule has 24 heavy (non-hydrogen) atoms. The molecule has 1 heterocycles. The van der Waals surface area contributed by atoms with Crippen LogP contribution in [0.2, 0.25) is 0 Å². The molecule has 1 aliphatic heterocycles. The van der Waals surface area contributed by atoms with E-state index in [9.17, 15) is 4.79 Å². The second-order valence-corrected chi connectivity index (χ2v) is 5.76. The number of ether oxygens (including phenoxy) is 2. The summed E-state index contributed by atoms with van der Waals surface area (Å²) in [5.74, 6) is -0.113. The average molecular weight is 323 g/mol. The molecule has 0 aliphatic carbocycles. The predicted octanol–water partition coefficient (Wildman–Crippen LogP) is 3.26. The Kier molecular flexibility index (Phi) is 5.41. The van der Waals surface area contributed by atoms with Crippen LogP contribution in [0.4, 0.5) is 0 Å². The first-order chi connectivity index (χ1) is 11.7. The fraction of sp³-hybridized carbons (Fsp3) is 0.250. The van der Waals surface area contributed by atoms with Crippen molar-refractivity contribution in [3.05, 3.63) is 77.9 Å². The molecule has 4 heteroatoms. The smallest absolute Gasteiger partial charge is 0.251 e. The maximum Gasteiger partial charge on any atom is 0.251 e. The van der Waals surface area contributed by atoms with Gasteiger partial charge in [-0.3, -0.25) is 4.79 Å². The van der Waals surface area contributed by atoms with Crippen molar-refractivity contribution in [1.29, 1.82) is 0 Å². The second-order valence-electron chi connectivity index (χ2n) is 5.76. The average Bonchev–Trinajstić information content (AvgIpc) is 2.63. The molecule has 1 aliphatic rings. The van der Waals surface area contributed by atoms with E-state index in [1.54, 1.807) is 12.1 Å². The van der Waals surface area contributed by atoms with Crippen molar-refractivity contribution in [3.8, 4) is 0 Å². The molecule has 0 aromatic heterocycles. The summed E-state index contributed by atoms with van der Waals surface area (Å²) in [6, 6.07) is 19.0. The van der Waals surface area contributed by atoms with Crippen LogP contribution in [0.1, 0.15) is 22.8 Å². The van der Waals surface area contributed by atoms with Crippen molar-refractivity contribution in [2.45, 2.75) is 25.4 Å². The summed E-state index contributed by atoms with van der Waals surface area (Å²) in [7, 11) is 0. The highest BCUT2D eigenvalue weighted by atomic mass is 16.7. The summed E-state index contributed by atoms with van der Waals surface area (Å²) in [5.41, 5.74) is 1.73. The minimum absolute atomic E-state index is 0.113. The van der Waals surface area contributed by atoms with Gasteiger partial charge in [-0.15, -0.1) is 0 Å². The van der Waals surface area contributed by atoms with Gasteiger partial charge in [0.15, 0.2) is 6.29 Å². The van der Waals surface area contributed by atoms with E-state index >= 15 is 0 Å². The number of carbonyl (C=O) groups excluding carboxylic acids is 1. The molecular weight excluding hydrogens is 302 g/mol. The van der Waals surface area contributed by atoms with E-state index in [0.717, 1.165) is 5.56 Å². The van der Waals surface area contributed by atoms with Gasteiger partial charge in [-0.25, -0.2) is 0 Å². The van der Waals surface area contributed by atoms with E-state index in [-0.39, 0.29) is 18.1 Å². The lowest BCUT2D eigenvalue weighted by molar-refractivity contribution is -0.192. The Morgan fingerprint density at radius 1 is 1.08 bits per heavy atom. The first-order valence-electron chi connectivity index (χ1n) is 8.08. The summed E-state index contributed by atoms with van der Waals surface area (Å²) in [6.45, 7) is 2.37. The first-order valence-corrected chi connectivity index (χ1v) is 8.08. The molecule has 0 spiro atoms. The number of hydrogen-bond acceptors (Lipinski definition) is 3. The lowest BCUT2D eigenvalue weighted by atomic mass is 10.1. The summed E-state index contributed by atoms with van der Waals surface area (Å²) in [5, 5.41) is 2.97. The number of nitrogens with one attached hydrogen (secondary N) is 1. The highest BCUT2D eigenvalue weighted by Gasteiger charge is 2.29. The molecule has 124 valence electrons. The Balaban J connectivity index is 1.54. The molecule has 0 saturated carbocycles. The van der Waals surface area contributed by atoms with Crippen LogP contribution in [0.3, 0.4) is 0 Å². The van der Waals surface area contributed by atoms with Crippen molar-refractivity contribution < 1.29 is 14.3 Å². The molecule has 1 fully saturated rings. The van der Waals surface area contributed by atoms with Crippen LogP contribution in [-0.2, 0) is 9.47 Å². The third kappa shape index (κ3) is 4.31. The fourth-order valence-corrected chi connectivity index (χ4v) is 2.53. The van der Waals surface area contributed by atoms with Crippen LogP contribution >= 0.6 is 0 Å². The zero-order valence-corrected chi connectivity index (χ0v) is 13.6. The molecule has 3 atom stereocenters. The summed E-state index contributed by atoms with van der Waals surface area (Å²) in [4.78, 5) is 12.2. The summed E-state index contributed by atoms with van der Waals surface area (Å²) < 4.78 is 11.5. The van der Waals surface area contributed by atoms with Crippen molar-refractivity contribution >= 4 is 12.0 Å². The molecular formula is C20H21NO3. The summed E-state index contributed by atoms with van der Waals surface area (Å²) in [6.07, 6.45) is 3.34. The highest BCUT2D eigenvalue weighted by Crippen LogP contribution is 2.16.